The molecule has 0 bridgehead atoms. The maximum absolute atomic E-state index is 5.56. The van der Waals surface area contributed by atoms with Gasteiger partial charge in [-0.1, -0.05) is 224 Å². The maximum atomic E-state index is 5.56. The minimum Gasteiger partial charge on any atom is -0.310 e. The van der Waals surface area contributed by atoms with E-state index in [4.69, 9.17) is 4.98 Å². The van der Waals surface area contributed by atoms with Crippen molar-refractivity contribution in [1.29, 1.82) is 0 Å². The summed E-state index contributed by atoms with van der Waals surface area (Å²) in [5.74, 6) is 0. The van der Waals surface area contributed by atoms with Gasteiger partial charge < -0.3 is 4.90 Å². The van der Waals surface area contributed by atoms with Crippen molar-refractivity contribution in [1.82, 2.24) is 4.98 Å². The molecule has 0 N–H and O–H groups in total. The smallest absolute Gasteiger partial charge is 0.0754 e. The van der Waals surface area contributed by atoms with Crippen molar-refractivity contribution >= 4 is 17.1 Å². The molecule has 0 saturated carbocycles. The van der Waals surface area contributed by atoms with Crippen molar-refractivity contribution in [3.8, 4) is 78.1 Å². The highest BCUT2D eigenvalue weighted by Crippen LogP contribution is 2.65. The first-order valence-electron chi connectivity index (χ1n) is 23.4. The molecule has 0 radical (unpaired) electrons. The number of anilines is 3. The van der Waals surface area contributed by atoms with Crippen molar-refractivity contribution < 1.29 is 0 Å². The second-order valence-electron chi connectivity index (χ2n) is 17.8. The molecule has 0 atom stereocenters. The van der Waals surface area contributed by atoms with E-state index in [1.165, 1.54) is 78.1 Å². The van der Waals surface area contributed by atoms with Crippen LogP contribution in [0.3, 0.4) is 0 Å². The van der Waals surface area contributed by atoms with E-state index >= 15 is 0 Å². The van der Waals surface area contributed by atoms with E-state index in [9.17, 15) is 0 Å². The molecule has 2 heterocycles. The molecule has 0 amide bonds. The molecule has 0 saturated heterocycles. The van der Waals surface area contributed by atoms with Crippen LogP contribution in [0.2, 0.25) is 0 Å². The Balaban J connectivity index is 1.03. The molecule has 10 aromatic carbocycles. The Morgan fingerprint density at radius 3 is 1.26 bits per heavy atom. The summed E-state index contributed by atoms with van der Waals surface area (Å²) in [6, 6.07) is 97.3. The first-order valence-corrected chi connectivity index (χ1v) is 23.4. The van der Waals surface area contributed by atoms with Crippen molar-refractivity contribution in [3.63, 3.8) is 0 Å². The molecule has 2 heteroatoms. The fourth-order valence-electron chi connectivity index (χ4n) is 11.0. The summed E-state index contributed by atoms with van der Waals surface area (Å²) >= 11 is 0. The topological polar surface area (TPSA) is 16.1 Å². The number of hydrogen-bond acceptors (Lipinski definition) is 2. The van der Waals surface area contributed by atoms with Crippen molar-refractivity contribution in [2.75, 3.05) is 4.90 Å². The van der Waals surface area contributed by atoms with E-state index in [0.717, 1.165) is 39.3 Å². The average Bonchev–Trinajstić information content (AvgIpc) is 3.72. The third-order valence-corrected chi connectivity index (χ3v) is 14.1. The number of fused-ring (bicyclic) bond motifs is 9. The maximum Gasteiger partial charge on any atom is 0.0754 e. The van der Waals surface area contributed by atoms with Crippen LogP contribution in [-0.4, -0.2) is 4.98 Å². The number of para-hydroxylation sites is 3. The zero-order valence-electron chi connectivity index (χ0n) is 37.3. The average molecular weight is 865 g/mol. The molecule has 318 valence electrons. The van der Waals surface area contributed by atoms with E-state index in [0.29, 0.717) is 0 Å². The summed E-state index contributed by atoms with van der Waals surface area (Å²) in [5, 5.41) is 0. The van der Waals surface area contributed by atoms with Gasteiger partial charge in [-0.15, -0.1) is 0 Å². The Hall–Kier alpha value is -8.85. The second-order valence-corrected chi connectivity index (χ2v) is 17.8. The monoisotopic (exact) mass is 864 g/mol. The fraction of sp³-hybridized carbons (Fsp3) is 0.0152. The highest BCUT2D eigenvalue weighted by atomic mass is 15.2. The summed E-state index contributed by atoms with van der Waals surface area (Å²) in [5.41, 5.74) is 23.9. The van der Waals surface area contributed by atoms with Crippen LogP contribution in [0.25, 0.3) is 78.1 Å². The molecule has 68 heavy (non-hydrogen) atoms. The molecule has 11 aromatic rings. The van der Waals surface area contributed by atoms with Crippen LogP contribution in [0.1, 0.15) is 22.3 Å². The van der Waals surface area contributed by atoms with E-state index in [1.807, 2.05) is 0 Å². The molecule has 2 nitrogen and oxygen atoms in total. The van der Waals surface area contributed by atoms with Crippen molar-refractivity contribution in [2.45, 2.75) is 5.41 Å². The van der Waals surface area contributed by atoms with Gasteiger partial charge in [0.05, 0.1) is 28.2 Å². The number of aromatic nitrogens is 1. The highest BCUT2D eigenvalue weighted by Gasteiger charge is 2.52. The Morgan fingerprint density at radius 2 is 0.691 bits per heavy atom. The van der Waals surface area contributed by atoms with Crippen LogP contribution in [0.5, 0.6) is 0 Å². The minimum absolute atomic E-state index is 0.618. The van der Waals surface area contributed by atoms with Crippen molar-refractivity contribution in [2.24, 2.45) is 0 Å². The lowest BCUT2D eigenvalue weighted by atomic mass is 9.64. The zero-order valence-corrected chi connectivity index (χ0v) is 37.3. The number of pyridine rings is 1. The number of benzene rings is 10. The van der Waals surface area contributed by atoms with Gasteiger partial charge in [0.2, 0.25) is 0 Å². The molecular weight excluding hydrogens is 821 g/mol. The second kappa shape index (κ2) is 16.2. The van der Waals surface area contributed by atoms with Gasteiger partial charge >= 0.3 is 0 Å². The summed E-state index contributed by atoms with van der Waals surface area (Å²) < 4.78 is 0. The largest absolute Gasteiger partial charge is 0.310 e. The molecule has 1 aliphatic heterocycles. The van der Waals surface area contributed by atoms with Gasteiger partial charge in [-0.25, -0.2) is 4.98 Å². The number of hydrogen-bond donors (Lipinski definition) is 0. The number of nitrogens with zero attached hydrogens (tertiary/aromatic N) is 2. The van der Waals surface area contributed by atoms with Crippen LogP contribution in [0.4, 0.5) is 17.1 Å². The molecule has 1 aromatic heterocycles. The number of rotatable bonds is 7. The summed E-state index contributed by atoms with van der Waals surface area (Å²) in [7, 11) is 0. The molecule has 0 fully saturated rings. The third kappa shape index (κ3) is 6.37. The summed E-state index contributed by atoms with van der Waals surface area (Å²) in [6.45, 7) is 0. The van der Waals surface area contributed by atoms with Gasteiger partial charge in [-0.3, -0.25) is 0 Å². The van der Waals surface area contributed by atoms with Crippen LogP contribution >= 0.6 is 0 Å². The highest BCUT2D eigenvalue weighted by molar-refractivity contribution is 6.01. The fourth-order valence-corrected chi connectivity index (χ4v) is 11.0. The molecule has 13 rings (SSSR count). The lowest BCUT2D eigenvalue weighted by Crippen LogP contribution is -2.36. The first kappa shape index (κ1) is 39.5. The normalized spacial score (nSPS) is 12.8. The van der Waals surface area contributed by atoms with Crippen LogP contribution in [0, 0.1) is 0 Å². The predicted octanol–water partition coefficient (Wildman–Crippen LogP) is 17.2. The van der Waals surface area contributed by atoms with E-state index < -0.39 is 5.41 Å². The van der Waals surface area contributed by atoms with Gasteiger partial charge in [-0.2, -0.15) is 0 Å². The van der Waals surface area contributed by atoms with Crippen molar-refractivity contribution in [3.05, 3.63) is 289 Å². The van der Waals surface area contributed by atoms with Crippen LogP contribution in [0.15, 0.2) is 267 Å². The van der Waals surface area contributed by atoms with Crippen LogP contribution in [-0.2, 0) is 5.41 Å². The quantitative estimate of drug-likeness (QED) is 0.159. The standard InChI is InChI=1S/C66H44N2/c1-5-18-45(19-6-1)47-32-34-48(35-33-47)49-36-38-50(39-37-49)52-40-41-57-56(42-52)65-55(62-44-53(46-20-7-2-8-21-46)43-61(67-62)51-22-9-3-10-23-51)26-17-29-60(65)66(57)58-27-13-15-30-63(58)68(54-24-11-4-12-25-54)64-31-16-14-28-59(64)66/h1-44H. The molecule has 0 unspecified atom stereocenters. The van der Waals surface area contributed by atoms with Gasteiger partial charge in [0.15, 0.2) is 0 Å². The summed E-state index contributed by atoms with van der Waals surface area (Å²) in [6.07, 6.45) is 0. The lowest BCUT2D eigenvalue weighted by molar-refractivity contribution is 0.753. The van der Waals surface area contributed by atoms with Gasteiger partial charge in [-0.05, 0) is 120 Å². The van der Waals surface area contributed by atoms with E-state index in [2.05, 4.69) is 272 Å². The molecule has 1 aliphatic carbocycles. The predicted molar refractivity (Wildman–Crippen MR) is 282 cm³/mol. The van der Waals surface area contributed by atoms with Gasteiger partial charge in [0.25, 0.3) is 0 Å². The Bertz CT molecular complexity index is 3530. The molecule has 1 spiro atoms. The van der Waals surface area contributed by atoms with E-state index in [1.54, 1.807) is 0 Å². The van der Waals surface area contributed by atoms with Crippen LogP contribution < -0.4 is 4.90 Å². The van der Waals surface area contributed by atoms with Gasteiger partial charge in [0, 0.05) is 16.8 Å². The molecular formula is C66H44N2. The Morgan fingerprint density at radius 1 is 0.265 bits per heavy atom. The first-order chi connectivity index (χ1) is 33.7. The van der Waals surface area contributed by atoms with Gasteiger partial charge in [0.1, 0.15) is 0 Å². The zero-order chi connectivity index (χ0) is 45.0. The minimum atomic E-state index is -0.618. The molecule has 2 aliphatic rings. The SMILES string of the molecule is c1ccc(-c2ccc(-c3ccc(-c4ccc5c(c4)-c4c(-c6cc(-c7ccccc7)cc(-c7ccccc7)n6)cccc4C54c5ccccc5N(c5ccccc5)c5ccccc54)cc3)cc2)cc1. The van der Waals surface area contributed by atoms with E-state index in [-0.39, 0.29) is 0 Å². The Kier molecular flexibility index (Phi) is 9.43. The third-order valence-electron chi connectivity index (χ3n) is 14.1. The lowest BCUT2D eigenvalue weighted by Gasteiger charge is -2.45. The summed E-state index contributed by atoms with van der Waals surface area (Å²) in [4.78, 5) is 8.00. The Labute approximate surface area is 397 Å².